The molecule has 0 aliphatic carbocycles. The van der Waals surface area contributed by atoms with E-state index in [1.54, 1.807) is 6.92 Å². The lowest BCUT2D eigenvalue weighted by atomic mass is 10.0. The summed E-state index contributed by atoms with van der Waals surface area (Å²) in [6, 6.07) is 8.46. The van der Waals surface area contributed by atoms with Gasteiger partial charge in [0.2, 0.25) is 0 Å². The average molecular weight is 498 g/mol. The summed E-state index contributed by atoms with van der Waals surface area (Å²) in [4.78, 5) is 30.8. The largest absolute Gasteiger partial charge is 0.468 e. The van der Waals surface area contributed by atoms with Crippen molar-refractivity contribution < 1.29 is 37.8 Å². The third-order valence-corrected chi connectivity index (χ3v) is 10.8. The van der Waals surface area contributed by atoms with Crippen LogP contribution < -0.4 is 0 Å². The van der Waals surface area contributed by atoms with Crippen molar-refractivity contribution in [3.05, 3.63) is 35.9 Å². The molecule has 1 aliphatic heterocycles. The summed E-state index contributed by atoms with van der Waals surface area (Å²) in [5.74, 6) is -1.14. The van der Waals surface area contributed by atoms with Crippen LogP contribution in [-0.4, -0.2) is 77.3 Å². The van der Waals surface area contributed by atoms with Gasteiger partial charge < -0.3 is 23.4 Å². The quantitative estimate of drug-likeness (QED) is 0.274. The number of ether oxygens (including phenoxy) is 4. The van der Waals surface area contributed by atoms with Crippen molar-refractivity contribution in [2.45, 2.75) is 76.9 Å². The molecular weight excluding hydrogens is 458 g/mol. The second kappa shape index (κ2) is 12.2. The number of hydrogen-bond acceptors (Lipinski definition) is 9. The van der Waals surface area contributed by atoms with Crippen LogP contribution in [0.5, 0.6) is 0 Å². The van der Waals surface area contributed by atoms with Gasteiger partial charge in [0.15, 0.2) is 27.3 Å². The predicted molar refractivity (Wildman–Crippen MR) is 128 cm³/mol. The lowest BCUT2D eigenvalue weighted by Gasteiger charge is -2.46. The predicted octanol–water partition coefficient (Wildman–Crippen LogP) is 3.29. The van der Waals surface area contributed by atoms with Crippen LogP contribution in [0.25, 0.3) is 0 Å². The van der Waals surface area contributed by atoms with Gasteiger partial charge >= 0.3 is 11.9 Å². The van der Waals surface area contributed by atoms with Gasteiger partial charge in [-0.25, -0.2) is 4.79 Å². The number of hydroxylamine groups is 2. The van der Waals surface area contributed by atoms with Crippen LogP contribution in [0.3, 0.4) is 0 Å². The summed E-state index contributed by atoms with van der Waals surface area (Å²) >= 11 is 0. The molecule has 1 aliphatic rings. The minimum atomic E-state index is -2.24. The number of carbonyl (C=O) groups excluding carboxylic acids is 2. The van der Waals surface area contributed by atoms with E-state index in [2.05, 4.69) is 33.9 Å². The Balaban J connectivity index is 2.44. The first kappa shape index (κ1) is 28.4. The van der Waals surface area contributed by atoms with E-state index in [0.29, 0.717) is 0 Å². The van der Waals surface area contributed by atoms with Crippen molar-refractivity contribution in [3.63, 3.8) is 0 Å². The molecule has 0 bridgehead atoms. The van der Waals surface area contributed by atoms with Crippen LogP contribution in [0, 0.1) is 0 Å². The van der Waals surface area contributed by atoms with Crippen LogP contribution in [0.4, 0.5) is 0 Å². The van der Waals surface area contributed by atoms with Crippen molar-refractivity contribution in [1.29, 1.82) is 0 Å². The maximum atomic E-state index is 13.1. The molecule has 10 heteroatoms. The van der Waals surface area contributed by atoms with Gasteiger partial charge in [0.05, 0.1) is 33.5 Å². The summed E-state index contributed by atoms with van der Waals surface area (Å²) < 4.78 is 28.4. The Labute approximate surface area is 203 Å². The number of esters is 2. The first-order valence-electron chi connectivity index (χ1n) is 11.4. The number of rotatable bonds is 10. The van der Waals surface area contributed by atoms with Crippen molar-refractivity contribution >= 4 is 20.3 Å². The standard InChI is InChI=1S/C24H39NO8Si/c1-17-30-15-19(33-34(7,8)24(2,3)4)22(32-17)21(23(27)29-6)25(31-16-20(26)28-5)14-18-12-10-9-11-13-18/h9-13,17,19,21-22H,14-16H2,1-8H3/t17-,19+,21-,22+/m0/s1. The highest BCUT2D eigenvalue weighted by Crippen LogP contribution is 2.39. The Morgan fingerprint density at radius 1 is 1.15 bits per heavy atom. The molecule has 1 aromatic rings. The number of methoxy groups -OCH3 is 2. The molecule has 1 fully saturated rings. The molecule has 0 saturated carbocycles. The summed E-state index contributed by atoms with van der Waals surface area (Å²) in [5.41, 5.74) is 0.878. The zero-order valence-corrected chi connectivity index (χ0v) is 22.5. The monoisotopic (exact) mass is 497 g/mol. The van der Waals surface area contributed by atoms with Gasteiger partial charge in [-0.1, -0.05) is 51.1 Å². The number of benzene rings is 1. The zero-order chi connectivity index (χ0) is 25.5. The molecule has 1 aromatic carbocycles. The molecule has 2 rings (SSSR count). The smallest absolute Gasteiger partial charge is 0.333 e. The van der Waals surface area contributed by atoms with Gasteiger partial charge in [-0.15, -0.1) is 0 Å². The third-order valence-electron chi connectivity index (χ3n) is 6.28. The van der Waals surface area contributed by atoms with Gasteiger partial charge in [0.1, 0.15) is 6.10 Å². The minimum absolute atomic E-state index is 0.0630. The fourth-order valence-electron chi connectivity index (χ4n) is 3.33. The SMILES string of the molecule is COC(=O)CON(Cc1ccccc1)[C@H](C(=O)OC)[C@@H]1O[C@@H](C)OC[C@H]1O[Si](C)(C)C(C)(C)C. The van der Waals surface area contributed by atoms with Crippen LogP contribution in [-0.2, 0) is 44.3 Å². The molecule has 0 spiro atoms. The molecule has 0 amide bonds. The maximum Gasteiger partial charge on any atom is 0.333 e. The fraction of sp³-hybridized carbons (Fsp3) is 0.667. The topological polar surface area (TPSA) is 92.8 Å². The van der Waals surface area contributed by atoms with Crippen LogP contribution in [0.2, 0.25) is 18.1 Å². The Kier molecular flexibility index (Phi) is 10.2. The third kappa shape index (κ3) is 7.59. The number of carbonyl (C=O) groups is 2. The Morgan fingerprint density at radius 2 is 1.79 bits per heavy atom. The van der Waals surface area contributed by atoms with Crippen LogP contribution in [0.1, 0.15) is 33.3 Å². The second-order valence-corrected chi connectivity index (χ2v) is 14.6. The first-order valence-corrected chi connectivity index (χ1v) is 14.3. The van der Waals surface area contributed by atoms with E-state index < -0.39 is 44.8 Å². The molecule has 0 radical (unpaired) electrons. The normalized spacial score (nSPS) is 22.3. The molecule has 0 aromatic heterocycles. The van der Waals surface area contributed by atoms with E-state index >= 15 is 0 Å². The van der Waals surface area contributed by atoms with Gasteiger partial charge in [0.25, 0.3) is 0 Å². The van der Waals surface area contributed by atoms with E-state index in [1.807, 2.05) is 30.3 Å². The highest BCUT2D eigenvalue weighted by molar-refractivity contribution is 6.74. The van der Waals surface area contributed by atoms with Crippen molar-refractivity contribution in [3.8, 4) is 0 Å². The van der Waals surface area contributed by atoms with Crippen molar-refractivity contribution in [2.24, 2.45) is 0 Å². The molecular formula is C24H39NO8Si. The second-order valence-electron chi connectivity index (χ2n) is 9.80. The summed E-state index contributed by atoms with van der Waals surface area (Å²) in [6.45, 7) is 12.5. The Morgan fingerprint density at radius 3 is 2.35 bits per heavy atom. The van der Waals surface area contributed by atoms with Gasteiger partial charge in [-0.05, 0) is 30.6 Å². The van der Waals surface area contributed by atoms with Crippen LogP contribution in [0.15, 0.2) is 30.3 Å². The Bertz CT molecular complexity index is 798. The van der Waals surface area contributed by atoms with Gasteiger partial charge in [-0.2, -0.15) is 5.06 Å². The molecule has 1 saturated heterocycles. The number of hydrogen-bond donors (Lipinski definition) is 0. The zero-order valence-electron chi connectivity index (χ0n) is 21.5. The minimum Gasteiger partial charge on any atom is -0.468 e. The Hall–Kier alpha value is -1.82. The van der Waals surface area contributed by atoms with E-state index in [9.17, 15) is 9.59 Å². The molecule has 192 valence electrons. The average Bonchev–Trinajstić information content (AvgIpc) is 2.78. The lowest BCUT2D eigenvalue weighted by molar-refractivity contribution is -0.286. The highest BCUT2D eigenvalue weighted by atomic mass is 28.4. The van der Waals surface area contributed by atoms with E-state index in [1.165, 1.54) is 19.3 Å². The molecule has 9 nitrogen and oxygen atoms in total. The molecule has 4 atom stereocenters. The fourth-order valence-corrected chi connectivity index (χ4v) is 4.64. The molecule has 34 heavy (non-hydrogen) atoms. The number of nitrogens with zero attached hydrogens (tertiary/aromatic N) is 1. The van der Waals surface area contributed by atoms with Gasteiger partial charge in [-0.3, -0.25) is 9.63 Å². The molecule has 0 unspecified atom stereocenters. The van der Waals surface area contributed by atoms with Crippen molar-refractivity contribution in [1.82, 2.24) is 5.06 Å². The molecule has 0 N–H and O–H groups in total. The highest BCUT2D eigenvalue weighted by Gasteiger charge is 2.49. The summed E-state index contributed by atoms with van der Waals surface area (Å²) in [5, 5.41) is 1.36. The summed E-state index contributed by atoms with van der Waals surface area (Å²) in [6.07, 6.45) is -1.86. The molecule has 1 heterocycles. The van der Waals surface area contributed by atoms with Crippen molar-refractivity contribution in [2.75, 3.05) is 27.4 Å². The summed E-state index contributed by atoms with van der Waals surface area (Å²) in [7, 11) is 0.340. The van der Waals surface area contributed by atoms with Gasteiger partial charge in [0, 0.05) is 0 Å². The van der Waals surface area contributed by atoms with Crippen LogP contribution >= 0.6 is 0 Å². The maximum absolute atomic E-state index is 13.1. The van der Waals surface area contributed by atoms with E-state index in [0.717, 1.165) is 5.56 Å². The first-order chi connectivity index (χ1) is 15.9. The lowest BCUT2D eigenvalue weighted by Crippen LogP contribution is -2.61. The van der Waals surface area contributed by atoms with E-state index in [-0.39, 0.29) is 24.8 Å². The van der Waals surface area contributed by atoms with E-state index in [4.69, 9.17) is 28.2 Å².